The molecule has 2 aromatic carbocycles. The van der Waals surface area contributed by atoms with Crippen molar-refractivity contribution in [2.45, 2.75) is 26.2 Å². The first kappa shape index (κ1) is 17.6. The summed E-state index contributed by atoms with van der Waals surface area (Å²) in [5.41, 5.74) is 2.37. The maximum Gasteiger partial charge on any atom is 0.134 e. The van der Waals surface area contributed by atoms with Crippen LogP contribution in [-0.4, -0.2) is 29.8 Å². The molecule has 0 saturated carbocycles. The van der Waals surface area contributed by atoms with Gasteiger partial charge < -0.3 is 15.1 Å². The van der Waals surface area contributed by atoms with Crippen molar-refractivity contribution in [3.63, 3.8) is 0 Å². The van der Waals surface area contributed by atoms with Gasteiger partial charge in [0.15, 0.2) is 0 Å². The van der Waals surface area contributed by atoms with Crippen LogP contribution in [0.25, 0.3) is 0 Å². The molecule has 0 aliphatic rings. The lowest BCUT2D eigenvalue weighted by Gasteiger charge is -2.19. The lowest BCUT2D eigenvalue weighted by molar-refractivity contribution is -0.899. The number of nitrogens with one attached hydrogen (secondary N) is 1. The molecule has 2 aromatic rings. The van der Waals surface area contributed by atoms with Gasteiger partial charge in [-0.25, -0.2) is 0 Å². The van der Waals surface area contributed by atoms with E-state index in [9.17, 15) is 10.2 Å². The van der Waals surface area contributed by atoms with E-state index in [0.717, 1.165) is 44.5 Å². The number of hydrogen-bond donors (Lipinski definition) is 3. The standard InChI is InChI=1S/C19H24ClNO2/c1-2-11-21(12-9-15-3-6-17(22)7-4-15)13-10-16-5-8-18(20)19(23)14-16/h3-8,14,22-23H,2,9-13H2,1H3/p+1. The summed E-state index contributed by atoms with van der Waals surface area (Å²) in [7, 11) is 0. The summed E-state index contributed by atoms with van der Waals surface area (Å²) in [6, 6.07) is 12.9. The zero-order valence-electron chi connectivity index (χ0n) is 13.6. The third-order valence-corrected chi connectivity index (χ3v) is 4.40. The number of quaternary nitrogens is 1. The van der Waals surface area contributed by atoms with Crippen molar-refractivity contribution < 1.29 is 15.1 Å². The normalized spacial score (nSPS) is 12.3. The predicted octanol–water partition coefficient (Wildman–Crippen LogP) is 2.83. The second-order valence-corrected chi connectivity index (χ2v) is 6.36. The van der Waals surface area contributed by atoms with Crippen molar-refractivity contribution in [2.75, 3.05) is 19.6 Å². The van der Waals surface area contributed by atoms with Gasteiger partial charge in [-0.15, -0.1) is 0 Å². The van der Waals surface area contributed by atoms with Crippen LogP contribution in [0.3, 0.4) is 0 Å². The third-order valence-electron chi connectivity index (χ3n) is 4.08. The number of benzene rings is 2. The molecule has 1 unspecified atom stereocenters. The number of hydrogen-bond acceptors (Lipinski definition) is 2. The van der Waals surface area contributed by atoms with Crippen molar-refractivity contribution in [3.05, 3.63) is 58.6 Å². The van der Waals surface area contributed by atoms with Crippen LogP contribution in [0.1, 0.15) is 24.5 Å². The molecule has 0 saturated heterocycles. The Kier molecular flexibility index (Phi) is 6.75. The average Bonchev–Trinajstić information content (AvgIpc) is 2.55. The van der Waals surface area contributed by atoms with Crippen LogP contribution in [0.2, 0.25) is 5.02 Å². The van der Waals surface area contributed by atoms with E-state index < -0.39 is 0 Å². The van der Waals surface area contributed by atoms with E-state index in [1.54, 1.807) is 29.2 Å². The Hall–Kier alpha value is -1.71. The van der Waals surface area contributed by atoms with E-state index in [2.05, 4.69) is 6.92 Å². The van der Waals surface area contributed by atoms with Gasteiger partial charge in [-0.2, -0.15) is 0 Å². The van der Waals surface area contributed by atoms with Gasteiger partial charge in [0.25, 0.3) is 0 Å². The van der Waals surface area contributed by atoms with Gasteiger partial charge in [-0.1, -0.05) is 36.7 Å². The average molecular weight is 335 g/mol. The molecule has 124 valence electrons. The quantitative estimate of drug-likeness (QED) is 0.695. The van der Waals surface area contributed by atoms with Crippen LogP contribution in [0.4, 0.5) is 0 Å². The Morgan fingerprint density at radius 2 is 1.48 bits per heavy atom. The topological polar surface area (TPSA) is 44.9 Å². The second-order valence-electron chi connectivity index (χ2n) is 5.95. The summed E-state index contributed by atoms with van der Waals surface area (Å²) in [6.45, 7) is 5.44. The molecule has 23 heavy (non-hydrogen) atoms. The molecular formula is C19H25ClNO2+. The van der Waals surface area contributed by atoms with Gasteiger partial charge in [-0.3, -0.25) is 0 Å². The molecule has 3 nitrogen and oxygen atoms in total. The Labute approximate surface area is 143 Å². The van der Waals surface area contributed by atoms with E-state index in [4.69, 9.17) is 11.6 Å². The SMILES string of the molecule is CCC[NH+](CCc1ccc(O)cc1)CCc1ccc(Cl)c(O)c1. The Balaban J connectivity index is 1.87. The molecule has 0 spiro atoms. The summed E-state index contributed by atoms with van der Waals surface area (Å²) in [5, 5.41) is 19.4. The van der Waals surface area contributed by atoms with Crippen molar-refractivity contribution in [3.8, 4) is 11.5 Å². The van der Waals surface area contributed by atoms with Crippen LogP contribution in [0.15, 0.2) is 42.5 Å². The number of phenolic OH excluding ortho intramolecular Hbond substituents is 2. The van der Waals surface area contributed by atoms with E-state index in [1.165, 1.54) is 5.56 Å². The van der Waals surface area contributed by atoms with Crippen molar-refractivity contribution >= 4 is 11.6 Å². The third kappa shape index (κ3) is 5.77. The summed E-state index contributed by atoms with van der Waals surface area (Å²) >= 11 is 5.85. The molecule has 0 aliphatic carbocycles. The molecule has 4 heteroatoms. The summed E-state index contributed by atoms with van der Waals surface area (Å²) in [6.07, 6.45) is 3.08. The van der Waals surface area contributed by atoms with Gasteiger partial charge in [0.1, 0.15) is 11.5 Å². The molecule has 2 rings (SSSR count). The lowest BCUT2D eigenvalue weighted by atomic mass is 10.1. The molecule has 0 aromatic heterocycles. The van der Waals surface area contributed by atoms with Crippen molar-refractivity contribution in [1.29, 1.82) is 0 Å². The molecule has 0 fully saturated rings. The van der Waals surface area contributed by atoms with Crippen LogP contribution in [0, 0.1) is 0 Å². The molecule has 0 bridgehead atoms. The summed E-state index contributed by atoms with van der Waals surface area (Å²) in [4.78, 5) is 1.55. The van der Waals surface area contributed by atoms with E-state index in [0.29, 0.717) is 10.8 Å². The zero-order valence-corrected chi connectivity index (χ0v) is 14.3. The minimum atomic E-state index is 0.158. The maximum absolute atomic E-state index is 9.68. The lowest BCUT2D eigenvalue weighted by Crippen LogP contribution is -3.12. The van der Waals surface area contributed by atoms with Gasteiger partial charge in [0.05, 0.1) is 24.7 Å². The zero-order chi connectivity index (χ0) is 16.7. The fourth-order valence-electron chi connectivity index (χ4n) is 2.75. The van der Waals surface area contributed by atoms with Gasteiger partial charge in [0.2, 0.25) is 0 Å². The van der Waals surface area contributed by atoms with Crippen LogP contribution in [0.5, 0.6) is 11.5 Å². The molecule has 0 aliphatic heterocycles. The number of aromatic hydroxyl groups is 2. The summed E-state index contributed by atoms with van der Waals surface area (Å²) < 4.78 is 0. The van der Waals surface area contributed by atoms with Crippen molar-refractivity contribution in [1.82, 2.24) is 0 Å². The largest absolute Gasteiger partial charge is 0.508 e. The molecule has 1 atom stereocenters. The second kappa shape index (κ2) is 8.80. The minimum absolute atomic E-state index is 0.158. The van der Waals surface area contributed by atoms with Gasteiger partial charge in [0, 0.05) is 12.8 Å². The molecule has 0 amide bonds. The number of rotatable bonds is 8. The first-order chi connectivity index (χ1) is 11.1. The fraction of sp³-hybridized carbons (Fsp3) is 0.368. The molecular weight excluding hydrogens is 310 g/mol. The predicted molar refractivity (Wildman–Crippen MR) is 94.5 cm³/mol. The number of phenols is 2. The Morgan fingerprint density at radius 1 is 0.870 bits per heavy atom. The number of halogens is 1. The van der Waals surface area contributed by atoms with Crippen LogP contribution >= 0.6 is 11.6 Å². The van der Waals surface area contributed by atoms with Crippen LogP contribution in [-0.2, 0) is 12.8 Å². The highest BCUT2D eigenvalue weighted by atomic mass is 35.5. The smallest absolute Gasteiger partial charge is 0.134 e. The van der Waals surface area contributed by atoms with Crippen LogP contribution < -0.4 is 4.90 Å². The highest BCUT2D eigenvalue weighted by molar-refractivity contribution is 6.31. The first-order valence-electron chi connectivity index (χ1n) is 8.17. The molecule has 3 N–H and O–H groups in total. The first-order valence-corrected chi connectivity index (χ1v) is 8.55. The maximum atomic E-state index is 9.68. The summed E-state index contributed by atoms with van der Waals surface area (Å²) in [5.74, 6) is 0.472. The fourth-order valence-corrected chi connectivity index (χ4v) is 2.86. The minimum Gasteiger partial charge on any atom is -0.508 e. The monoisotopic (exact) mass is 334 g/mol. The van der Waals surface area contributed by atoms with Gasteiger partial charge >= 0.3 is 0 Å². The Bertz CT molecular complexity index is 613. The van der Waals surface area contributed by atoms with Crippen molar-refractivity contribution in [2.24, 2.45) is 0 Å². The van der Waals surface area contributed by atoms with E-state index in [1.807, 2.05) is 18.2 Å². The van der Waals surface area contributed by atoms with Gasteiger partial charge in [-0.05, 0) is 41.8 Å². The highest BCUT2D eigenvalue weighted by Gasteiger charge is 2.09. The Morgan fingerprint density at radius 3 is 2.09 bits per heavy atom. The van der Waals surface area contributed by atoms with E-state index in [-0.39, 0.29) is 5.75 Å². The highest BCUT2D eigenvalue weighted by Crippen LogP contribution is 2.23. The van der Waals surface area contributed by atoms with E-state index >= 15 is 0 Å². The molecule has 0 heterocycles. The molecule has 0 radical (unpaired) electrons.